The fraction of sp³-hybridized carbons (Fsp3) is 0.263. The van der Waals surface area contributed by atoms with E-state index >= 15 is 0 Å². The van der Waals surface area contributed by atoms with Crippen molar-refractivity contribution in [3.05, 3.63) is 64.7 Å². The third-order valence-electron chi connectivity index (χ3n) is 3.64. The fourth-order valence-corrected chi connectivity index (χ4v) is 2.44. The summed E-state index contributed by atoms with van der Waals surface area (Å²) in [7, 11) is 0. The maximum atomic E-state index is 12.0. The Morgan fingerprint density at radius 1 is 1.04 bits per heavy atom. The maximum Gasteiger partial charge on any atom is 0.251 e. The highest BCUT2D eigenvalue weighted by Gasteiger charge is 2.07. The van der Waals surface area contributed by atoms with Crippen molar-refractivity contribution in [2.45, 2.75) is 26.2 Å². The molecule has 2 rings (SSSR count). The van der Waals surface area contributed by atoms with Gasteiger partial charge in [-0.1, -0.05) is 36.7 Å². The van der Waals surface area contributed by atoms with Crippen LogP contribution in [0.5, 0.6) is 0 Å². The van der Waals surface area contributed by atoms with E-state index < -0.39 is 0 Å². The topological polar surface area (TPSA) is 58.2 Å². The van der Waals surface area contributed by atoms with E-state index in [4.69, 9.17) is 11.6 Å². The monoisotopic (exact) mass is 344 g/mol. The van der Waals surface area contributed by atoms with E-state index in [1.807, 2.05) is 24.3 Å². The van der Waals surface area contributed by atoms with Crippen molar-refractivity contribution in [1.82, 2.24) is 5.32 Å². The molecule has 2 N–H and O–H groups in total. The van der Waals surface area contributed by atoms with Crippen LogP contribution < -0.4 is 10.6 Å². The molecule has 0 bridgehead atoms. The molecular weight excluding hydrogens is 324 g/mol. The van der Waals surface area contributed by atoms with Crippen molar-refractivity contribution >= 4 is 29.1 Å². The summed E-state index contributed by atoms with van der Waals surface area (Å²) in [5, 5.41) is 6.31. The second kappa shape index (κ2) is 9.08. The summed E-state index contributed by atoms with van der Waals surface area (Å²) < 4.78 is 0. The summed E-state index contributed by atoms with van der Waals surface area (Å²) in [5.74, 6) is -0.208. The minimum atomic E-state index is -0.164. The second-order valence-electron chi connectivity index (χ2n) is 5.43. The molecule has 4 nitrogen and oxygen atoms in total. The third kappa shape index (κ3) is 5.39. The third-order valence-corrected chi connectivity index (χ3v) is 3.90. The van der Waals surface area contributed by atoms with Gasteiger partial charge in [0.15, 0.2) is 0 Å². The first-order valence-electron chi connectivity index (χ1n) is 8.01. The van der Waals surface area contributed by atoms with Crippen molar-refractivity contribution in [2.24, 2.45) is 0 Å². The second-order valence-corrected chi connectivity index (χ2v) is 5.86. The average molecular weight is 345 g/mol. The molecule has 2 aromatic rings. The summed E-state index contributed by atoms with van der Waals surface area (Å²) >= 11 is 5.79. The Morgan fingerprint density at radius 3 is 2.46 bits per heavy atom. The number of aryl methyl sites for hydroxylation is 1. The molecule has 5 heteroatoms. The molecule has 126 valence electrons. The van der Waals surface area contributed by atoms with E-state index in [0.717, 1.165) is 17.7 Å². The summed E-state index contributed by atoms with van der Waals surface area (Å²) in [4.78, 5) is 23.9. The molecule has 0 aliphatic heterocycles. The number of amides is 2. The molecule has 0 unspecified atom stereocenters. The lowest BCUT2D eigenvalue weighted by Crippen LogP contribution is -2.25. The van der Waals surface area contributed by atoms with Gasteiger partial charge in [0.05, 0.1) is 0 Å². The van der Waals surface area contributed by atoms with Crippen LogP contribution in [0.3, 0.4) is 0 Å². The van der Waals surface area contributed by atoms with Crippen molar-refractivity contribution in [3.8, 4) is 0 Å². The Kier molecular flexibility index (Phi) is 6.82. The number of rotatable bonds is 7. The number of hydrogen-bond acceptors (Lipinski definition) is 2. The van der Waals surface area contributed by atoms with E-state index in [2.05, 4.69) is 17.6 Å². The molecule has 0 spiro atoms. The molecule has 0 fully saturated rings. The quantitative estimate of drug-likeness (QED) is 0.744. The van der Waals surface area contributed by atoms with Gasteiger partial charge in [-0.15, -0.1) is 0 Å². The Balaban J connectivity index is 1.73. The molecule has 0 heterocycles. The SMILES string of the molecule is CCc1ccccc1NC(=O)CCCNC(=O)c1ccc(Cl)cc1. The van der Waals surface area contributed by atoms with Crippen LogP contribution in [0, 0.1) is 0 Å². The van der Waals surface area contributed by atoms with E-state index in [1.54, 1.807) is 24.3 Å². The predicted octanol–water partition coefficient (Wildman–Crippen LogP) is 4.05. The van der Waals surface area contributed by atoms with Crippen molar-refractivity contribution in [2.75, 3.05) is 11.9 Å². The Morgan fingerprint density at radius 2 is 1.75 bits per heavy atom. The highest BCUT2D eigenvalue weighted by molar-refractivity contribution is 6.30. The van der Waals surface area contributed by atoms with Crippen LogP contribution in [0.15, 0.2) is 48.5 Å². The van der Waals surface area contributed by atoms with Gasteiger partial charge in [0, 0.05) is 29.2 Å². The number of anilines is 1. The number of benzene rings is 2. The van der Waals surface area contributed by atoms with Crippen LogP contribution in [0.25, 0.3) is 0 Å². The van der Waals surface area contributed by atoms with Gasteiger partial charge in [0.1, 0.15) is 0 Å². The Hall–Kier alpha value is -2.33. The van der Waals surface area contributed by atoms with E-state index in [1.165, 1.54) is 0 Å². The van der Waals surface area contributed by atoms with Crippen LogP contribution in [0.1, 0.15) is 35.7 Å². The summed E-state index contributed by atoms with van der Waals surface area (Å²) in [6.07, 6.45) is 1.81. The van der Waals surface area contributed by atoms with Gasteiger partial charge in [-0.05, 0) is 48.7 Å². The summed E-state index contributed by atoms with van der Waals surface area (Å²) in [6, 6.07) is 14.5. The van der Waals surface area contributed by atoms with Crippen LogP contribution in [-0.2, 0) is 11.2 Å². The number of para-hydroxylation sites is 1. The number of carbonyl (C=O) groups is 2. The van der Waals surface area contributed by atoms with Crippen LogP contribution >= 0.6 is 11.6 Å². The number of nitrogens with one attached hydrogen (secondary N) is 2. The average Bonchev–Trinajstić information content (AvgIpc) is 2.59. The Labute approximate surface area is 147 Å². The standard InChI is InChI=1S/C19H21ClN2O2/c1-2-14-6-3-4-7-17(14)22-18(23)8-5-13-21-19(24)15-9-11-16(20)12-10-15/h3-4,6-7,9-12H,2,5,8,13H2,1H3,(H,21,24)(H,22,23). The normalized spacial score (nSPS) is 10.2. The van der Waals surface area contributed by atoms with Crippen LogP contribution in [0.4, 0.5) is 5.69 Å². The first kappa shape index (κ1) is 18.0. The molecule has 0 aliphatic carbocycles. The van der Waals surface area contributed by atoms with Crippen LogP contribution in [-0.4, -0.2) is 18.4 Å². The smallest absolute Gasteiger partial charge is 0.251 e. The van der Waals surface area contributed by atoms with Gasteiger partial charge in [0.2, 0.25) is 5.91 Å². The molecule has 2 aromatic carbocycles. The number of halogens is 1. The maximum absolute atomic E-state index is 12.0. The lowest BCUT2D eigenvalue weighted by molar-refractivity contribution is -0.116. The molecule has 0 atom stereocenters. The van der Waals surface area contributed by atoms with Gasteiger partial charge in [-0.2, -0.15) is 0 Å². The molecule has 0 saturated carbocycles. The number of carbonyl (C=O) groups excluding carboxylic acids is 2. The van der Waals surface area contributed by atoms with Gasteiger partial charge < -0.3 is 10.6 Å². The first-order chi connectivity index (χ1) is 11.6. The van der Waals surface area contributed by atoms with Gasteiger partial charge in [0.25, 0.3) is 5.91 Å². The van der Waals surface area contributed by atoms with Gasteiger partial charge in [-0.25, -0.2) is 0 Å². The van der Waals surface area contributed by atoms with Gasteiger partial charge in [-0.3, -0.25) is 9.59 Å². The van der Waals surface area contributed by atoms with Crippen molar-refractivity contribution in [3.63, 3.8) is 0 Å². The summed E-state index contributed by atoms with van der Waals surface area (Å²) in [5.41, 5.74) is 2.53. The highest BCUT2D eigenvalue weighted by atomic mass is 35.5. The van der Waals surface area contributed by atoms with Crippen molar-refractivity contribution in [1.29, 1.82) is 0 Å². The Bertz CT molecular complexity index is 699. The van der Waals surface area contributed by atoms with Crippen LogP contribution in [0.2, 0.25) is 5.02 Å². The summed E-state index contributed by atoms with van der Waals surface area (Å²) in [6.45, 7) is 2.50. The fourth-order valence-electron chi connectivity index (χ4n) is 2.32. The zero-order valence-corrected chi connectivity index (χ0v) is 14.4. The van der Waals surface area contributed by atoms with E-state index in [9.17, 15) is 9.59 Å². The van der Waals surface area contributed by atoms with Gasteiger partial charge >= 0.3 is 0 Å². The molecule has 0 aliphatic rings. The van der Waals surface area contributed by atoms with Crippen molar-refractivity contribution < 1.29 is 9.59 Å². The minimum absolute atomic E-state index is 0.0448. The lowest BCUT2D eigenvalue weighted by atomic mass is 10.1. The van der Waals surface area contributed by atoms with E-state index in [0.29, 0.717) is 30.0 Å². The highest BCUT2D eigenvalue weighted by Crippen LogP contribution is 2.15. The van der Waals surface area contributed by atoms with E-state index in [-0.39, 0.29) is 11.8 Å². The largest absolute Gasteiger partial charge is 0.352 e. The molecule has 0 saturated heterocycles. The minimum Gasteiger partial charge on any atom is -0.352 e. The molecule has 0 radical (unpaired) electrons. The number of hydrogen-bond donors (Lipinski definition) is 2. The zero-order valence-electron chi connectivity index (χ0n) is 13.6. The zero-order chi connectivity index (χ0) is 17.4. The molecule has 2 amide bonds. The molecular formula is C19H21ClN2O2. The lowest BCUT2D eigenvalue weighted by Gasteiger charge is -2.10. The first-order valence-corrected chi connectivity index (χ1v) is 8.39. The molecule has 0 aromatic heterocycles. The predicted molar refractivity (Wildman–Crippen MR) is 97.5 cm³/mol. The molecule has 24 heavy (non-hydrogen) atoms.